The first-order valence-electron chi connectivity index (χ1n) is 7.64. The second-order valence-corrected chi connectivity index (χ2v) is 6.40. The van der Waals surface area contributed by atoms with E-state index in [4.69, 9.17) is 0 Å². The van der Waals surface area contributed by atoms with Crippen LogP contribution in [0.2, 0.25) is 0 Å². The average molecular weight is 303 g/mol. The Bertz CT molecular complexity index is 619. The van der Waals surface area contributed by atoms with Crippen LogP contribution in [0, 0.1) is 0 Å². The molecule has 1 aliphatic heterocycles. The number of nitrogens with zero attached hydrogens (tertiary/aromatic N) is 2. The summed E-state index contributed by atoms with van der Waals surface area (Å²) >= 11 is 1.59. The zero-order valence-corrected chi connectivity index (χ0v) is 13.2. The smallest absolute Gasteiger partial charge is 0.254 e. The van der Waals surface area contributed by atoms with E-state index in [-0.39, 0.29) is 5.91 Å². The van der Waals surface area contributed by atoms with Gasteiger partial charge in [-0.1, -0.05) is 6.92 Å². The van der Waals surface area contributed by atoms with Crippen LogP contribution in [-0.2, 0) is 0 Å². The number of carbonyl (C=O) groups excluding carboxylic acids is 1. The SMILES string of the molecule is CCCN(C(=O)c1ccc2ncsc2c1)C1CCNCC1. The number of amides is 1. The molecule has 4 nitrogen and oxygen atoms in total. The number of rotatable bonds is 4. The molecule has 5 heteroatoms. The van der Waals surface area contributed by atoms with Crippen LogP contribution in [0.25, 0.3) is 10.2 Å². The molecule has 1 aliphatic rings. The highest BCUT2D eigenvalue weighted by Gasteiger charge is 2.25. The van der Waals surface area contributed by atoms with Crippen LogP contribution in [0.1, 0.15) is 36.5 Å². The molecule has 0 radical (unpaired) electrons. The van der Waals surface area contributed by atoms with Crippen molar-refractivity contribution >= 4 is 27.5 Å². The zero-order valence-electron chi connectivity index (χ0n) is 12.3. The van der Waals surface area contributed by atoms with Gasteiger partial charge in [0.05, 0.1) is 15.7 Å². The Morgan fingerprint density at radius 3 is 3.00 bits per heavy atom. The molecule has 0 spiro atoms. The summed E-state index contributed by atoms with van der Waals surface area (Å²) in [6.07, 6.45) is 3.10. The maximum Gasteiger partial charge on any atom is 0.254 e. The number of fused-ring (bicyclic) bond motifs is 1. The Morgan fingerprint density at radius 1 is 1.43 bits per heavy atom. The largest absolute Gasteiger partial charge is 0.336 e. The fourth-order valence-electron chi connectivity index (χ4n) is 2.96. The molecule has 2 aromatic rings. The molecule has 3 rings (SSSR count). The van der Waals surface area contributed by atoms with E-state index in [1.54, 1.807) is 11.3 Å². The molecule has 1 aromatic carbocycles. The average Bonchev–Trinajstić information content (AvgIpc) is 3.00. The Labute approximate surface area is 129 Å². The van der Waals surface area contributed by atoms with Crippen LogP contribution in [0.15, 0.2) is 23.7 Å². The van der Waals surface area contributed by atoms with Crippen molar-refractivity contribution in [3.8, 4) is 0 Å². The molecule has 21 heavy (non-hydrogen) atoms. The van der Waals surface area contributed by atoms with Gasteiger partial charge in [0.2, 0.25) is 0 Å². The van der Waals surface area contributed by atoms with Gasteiger partial charge in [0.25, 0.3) is 5.91 Å². The normalized spacial score (nSPS) is 16.2. The predicted octanol–water partition coefficient (Wildman–Crippen LogP) is 2.90. The fourth-order valence-corrected chi connectivity index (χ4v) is 3.68. The second-order valence-electron chi connectivity index (χ2n) is 5.51. The van der Waals surface area contributed by atoms with Gasteiger partial charge in [0.15, 0.2) is 0 Å². The van der Waals surface area contributed by atoms with E-state index >= 15 is 0 Å². The number of aromatic nitrogens is 1. The molecule has 2 heterocycles. The third-order valence-electron chi connectivity index (χ3n) is 4.05. The first-order valence-corrected chi connectivity index (χ1v) is 8.52. The monoisotopic (exact) mass is 303 g/mol. The quantitative estimate of drug-likeness (QED) is 0.944. The van der Waals surface area contributed by atoms with Crippen LogP contribution in [0.4, 0.5) is 0 Å². The summed E-state index contributed by atoms with van der Waals surface area (Å²) < 4.78 is 1.09. The topological polar surface area (TPSA) is 45.2 Å². The van der Waals surface area contributed by atoms with E-state index in [9.17, 15) is 4.79 Å². The molecule has 1 amide bonds. The highest BCUT2D eigenvalue weighted by Crippen LogP contribution is 2.22. The number of hydrogen-bond acceptors (Lipinski definition) is 4. The Balaban J connectivity index is 1.84. The van der Waals surface area contributed by atoms with Crippen LogP contribution in [0.3, 0.4) is 0 Å². The molecule has 0 atom stereocenters. The van der Waals surface area contributed by atoms with Crippen LogP contribution in [-0.4, -0.2) is 41.5 Å². The van der Waals surface area contributed by atoms with Gasteiger partial charge in [-0.3, -0.25) is 4.79 Å². The third-order valence-corrected chi connectivity index (χ3v) is 4.84. The summed E-state index contributed by atoms with van der Waals surface area (Å²) in [7, 11) is 0. The minimum Gasteiger partial charge on any atom is -0.336 e. The van der Waals surface area contributed by atoms with E-state index in [0.717, 1.165) is 54.7 Å². The minimum atomic E-state index is 0.166. The van der Waals surface area contributed by atoms with E-state index in [0.29, 0.717) is 6.04 Å². The lowest BCUT2D eigenvalue weighted by atomic mass is 10.0. The van der Waals surface area contributed by atoms with Crippen molar-refractivity contribution in [1.29, 1.82) is 0 Å². The van der Waals surface area contributed by atoms with Gasteiger partial charge in [-0.15, -0.1) is 11.3 Å². The molecule has 0 bridgehead atoms. The number of hydrogen-bond donors (Lipinski definition) is 1. The Morgan fingerprint density at radius 2 is 2.24 bits per heavy atom. The van der Waals surface area contributed by atoms with Crippen molar-refractivity contribution in [3.05, 3.63) is 29.3 Å². The van der Waals surface area contributed by atoms with E-state index < -0.39 is 0 Å². The molecule has 0 unspecified atom stereocenters. The first-order chi connectivity index (χ1) is 10.3. The number of nitrogens with one attached hydrogen (secondary N) is 1. The predicted molar refractivity (Wildman–Crippen MR) is 86.8 cm³/mol. The van der Waals surface area contributed by atoms with Gasteiger partial charge in [-0.05, 0) is 50.6 Å². The van der Waals surface area contributed by atoms with Crippen molar-refractivity contribution in [2.75, 3.05) is 19.6 Å². The highest BCUT2D eigenvalue weighted by atomic mass is 32.1. The Kier molecular flexibility index (Phi) is 4.51. The summed E-state index contributed by atoms with van der Waals surface area (Å²) in [5.74, 6) is 0.166. The van der Waals surface area contributed by atoms with Gasteiger partial charge < -0.3 is 10.2 Å². The summed E-state index contributed by atoms with van der Waals surface area (Å²) in [6.45, 7) is 4.98. The van der Waals surface area contributed by atoms with Crippen LogP contribution in [0.5, 0.6) is 0 Å². The number of carbonyl (C=O) groups is 1. The molecule has 0 saturated carbocycles. The van der Waals surface area contributed by atoms with Gasteiger partial charge in [-0.25, -0.2) is 4.98 Å². The van der Waals surface area contributed by atoms with E-state index in [1.807, 2.05) is 23.7 Å². The standard InChI is InChI=1S/C16H21N3OS/c1-2-9-19(13-5-7-17-8-6-13)16(20)12-3-4-14-15(10-12)21-11-18-14/h3-4,10-11,13,17H,2,5-9H2,1H3. The molecule has 112 valence electrons. The van der Waals surface area contributed by atoms with E-state index in [1.165, 1.54) is 0 Å². The number of piperidine rings is 1. The maximum atomic E-state index is 12.9. The molecule has 1 saturated heterocycles. The maximum absolute atomic E-state index is 12.9. The molecule has 1 fully saturated rings. The minimum absolute atomic E-state index is 0.166. The van der Waals surface area contributed by atoms with Crippen LogP contribution >= 0.6 is 11.3 Å². The molecular formula is C16H21N3OS. The number of thiazole rings is 1. The lowest BCUT2D eigenvalue weighted by molar-refractivity contribution is 0.0643. The molecule has 0 aliphatic carbocycles. The van der Waals surface area contributed by atoms with Gasteiger partial charge in [0.1, 0.15) is 0 Å². The summed E-state index contributed by atoms with van der Waals surface area (Å²) in [4.78, 5) is 19.2. The van der Waals surface area contributed by atoms with Gasteiger partial charge in [-0.2, -0.15) is 0 Å². The van der Waals surface area contributed by atoms with Crippen molar-refractivity contribution < 1.29 is 4.79 Å². The second kappa shape index (κ2) is 6.54. The zero-order chi connectivity index (χ0) is 14.7. The van der Waals surface area contributed by atoms with Crippen molar-refractivity contribution in [3.63, 3.8) is 0 Å². The van der Waals surface area contributed by atoms with Crippen LogP contribution < -0.4 is 5.32 Å². The highest BCUT2D eigenvalue weighted by molar-refractivity contribution is 7.16. The third kappa shape index (κ3) is 3.09. The molecule has 1 aromatic heterocycles. The van der Waals surface area contributed by atoms with Gasteiger partial charge in [0, 0.05) is 18.2 Å². The molecular weight excluding hydrogens is 282 g/mol. The first kappa shape index (κ1) is 14.5. The van der Waals surface area contributed by atoms with Crippen molar-refractivity contribution in [2.45, 2.75) is 32.2 Å². The van der Waals surface area contributed by atoms with Crippen molar-refractivity contribution in [1.82, 2.24) is 15.2 Å². The summed E-state index contributed by atoms with van der Waals surface area (Å²) in [6, 6.07) is 6.22. The number of benzene rings is 1. The summed E-state index contributed by atoms with van der Waals surface area (Å²) in [5, 5.41) is 3.37. The fraction of sp³-hybridized carbons (Fsp3) is 0.500. The summed E-state index contributed by atoms with van der Waals surface area (Å²) in [5.41, 5.74) is 3.59. The lowest BCUT2D eigenvalue weighted by Crippen LogP contribution is -2.46. The Hall–Kier alpha value is -1.46. The lowest BCUT2D eigenvalue weighted by Gasteiger charge is -2.34. The molecule has 1 N–H and O–H groups in total. The van der Waals surface area contributed by atoms with Gasteiger partial charge >= 0.3 is 0 Å². The van der Waals surface area contributed by atoms with Crippen molar-refractivity contribution in [2.24, 2.45) is 0 Å². The van der Waals surface area contributed by atoms with E-state index in [2.05, 4.69) is 22.1 Å².